The minimum atomic E-state index is -0.922. The van der Waals surface area contributed by atoms with Crippen LogP contribution in [-0.4, -0.2) is 56.2 Å². The van der Waals surface area contributed by atoms with Crippen LogP contribution in [0.25, 0.3) is 10.8 Å². The van der Waals surface area contributed by atoms with E-state index in [1.807, 2.05) is 47.5 Å². The molecule has 4 aliphatic rings. The molecule has 0 saturated heterocycles. The molecule has 1 aromatic heterocycles. The maximum atomic E-state index is 13.2. The van der Waals surface area contributed by atoms with E-state index in [2.05, 4.69) is 36.5 Å². The van der Waals surface area contributed by atoms with Crippen molar-refractivity contribution in [2.45, 2.75) is 63.1 Å². The molecule has 188 valence electrons. The number of β-amino-alcohol motifs (C(OH)–C–C–N with tert-alkyl or cyclic N) is 1. The number of hydrogen-bond donors (Lipinski definition) is 3. The van der Waals surface area contributed by atoms with Gasteiger partial charge < -0.3 is 10.4 Å². The van der Waals surface area contributed by atoms with Gasteiger partial charge in [0.15, 0.2) is 0 Å². The lowest BCUT2D eigenvalue weighted by molar-refractivity contribution is -0.118. The SMILES string of the molecule is CC(C)(O)CN1N=C(C(=O)NC2CC3(C2)CC(c2n[nH]c(=O)c4ccccc24)C3)C2C=CC(Br)=CC21. The largest absolute Gasteiger partial charge is 0.389 e. The van der Waals surface area contributed by atoms with Crippen molar-refractivity contribution in [3.63, 3.8) is 0 Å². The van der Waals surface area contributed by atoms with Crippen molar-refractivity contribution in [2.75, 3.05) is 6.54 Å². The van der Waals surface area contributed by atoms with Crippen LogP contribution >= 0.6 is 15.9 Å². The molecule has 1 aromatic carbocycles. The van der Waals surface area contributed by atoms with Crippen LogP contribution in [0.3, 0.4) is 0 Å². The molecular weight excluding hydrogens is 522 g/mol. The first-order chi connectivity index (χ1) is 17.1. The first-order valence-corrected chi connectivity index (χ1v) is 13.3. The molecule has 2 heterocycles. The Hall–Kier alpha value is -2.78. The summed E-state index contributed by atoms with van der Waals surface area (Å²) in [6, 6.07) is 7.70. The summed E-state index contributed by atoms with van der Waals surface area (Å²) in [4.78, 5) is 25.3. The van der Waals surface area contributed by atoms with Gasteiger partial charge in [0.1, 0.15) is 5.71 Å². The smallest absolute Gasteiger partial charge is 0.272 e. The van der Waals surface area contributed by atoms with Gasteiger partial charge in [-0.25, -0.2) is 5.10 Å². The highest BCUT2D eigenvalue weighted by atomic mass is 79.9. The van der Waals surface area contributed by atoms with Crippen LogP contribution in [0, 0.1) is 11.3 Å². The second kappa shape index (κ2) is 8.38. The van der Waals surface area contributed by atoms with Gasteiger partial charge >= 0.3 is 0 Å². The van der Waals surface area contributed by atoms with E-state index in [0.717, 1.165) is 41.2 Å². The summed E-state index contributed by atoms with van der Waals surface area (Å²) >= 11 is 3.53. The number of hydrazone groups is 1. The number of allylic oxidation sites excluding steroid dienone is 2. The zero-order valence-corrected chi connectivity index (χ0v) is 22.0. The molecule has 2 atom stereocenters. The van der Waals surface area contributed by atoms with Crippen molar-refractivity contribution in [2.24, 2.45) is 16.4 Å². The highest BCUT2D eigenvalue weighted by Crippen LogP contribution is 2.62. The molecule has 1 aliphatic heterocycles. The van der Waals surface area contributed by atoms with Gasteiger partial charge in [-0.2, -0.15) is 10.2 Å². The predicted octanol–water partition coefficient (Wildman–Crippen LogP) is 3.34. The molecule has 0 bridgehead atoms. The summed E-state index contributed by atoms with van der Waals surface area (Å²) in [6.45, 7) is 3.84. The molecule has 0 radical (unpaired) electrons. The molecular formula is C27H30BrN5O3. The highest BCUT2D eigenvalue weighted by Gasteiger charge is 2.54. The third-order valence-electron chi connectivity index (χ3n) is 8.00. The number of rotatable bonds is 5. The number of halogens is 1. The zero-order valence-electron chi connectivity index (χ0n) is 20.4. The van der Waals surface area contributed by atoms with Crippen molar-refractivity contribution in [1.29, 1.82) is 0 Å². The molecule has 1 spiro atoms. The molecule has 2 aromatic rings. The van der Waals surface area contributed by atoms with Gasteiger partial charge in [-0.05, 0) is 57.1 Å². The van der Waals surface area contributed by atoms with E-state index < -0.39 is 5.60 Å². The van der Waals surface area contributed by atoms with Crippen LogP contribution in [0.5, 0.6) is 0 Å². The van der Waals surface area contributed by atoms with Gasteiger partial charge in [0.25, 0.3) is 11.5 Å². The molecule has 6 rings (SSSR count). The van der Waals surface area contributed by atoms with E-state index >= 15 is 0 Å². The molecule has 8 nitrogen and oxygen atoms in total. The maximum absolute atomic E-state index is 13.2. The fourth-order valence-electron chi connectivity index (χ4n) is 6.47. The maximum Gasteiger partial charge on any atom is 0.272 e. The number of aromatic nitrogens is 2. The van der Waals surface area contributed by atoms with E-state index in [1.54, 1.807) is 13.8 Å². The van der Waals surface area contributed by atoms with Crippen molar-refractivity contribution in [3.05, 3.63) is 63.0 Å². The Kier molecular flexibility index (Phi) is 5.50. The Morgan fingerprint density at radius 3 is 2.69 bits per heavy atom. The van der Waals surface area contributed by atoms with E-state index in [0.29, 0.717) is 23.6 Å². The number of H-pyrrole nitrogens is 1. The van der Waals surface area contributed by atoms with Crippen LogP contribution in [0.15, 0.2) is 56.9 Å². The molecule has 2 unspecified atom stereocenters. The summed E-state index contributed by atoms with van der Waals surface area (Å²) in [7, 11) is 0. The molecule has 36 heavy (non-hydrogen) atoms. The lowest BCUT2D eigenvalue weighted by Gasteiger charge is -2.57. The second-order valence-electron chi connectivity index (χ2n) is 11.5. The summed E-state index contributed by atoms with van der Waals surface area (Å²) in [6.07, 6.45) is 9.96. The van der Waals surface area contributed by atoms with Crippen molar-refractivity contribution in [1.82, 2.24) is 20.5 Å². The lowest BCUT2D eigenvalue weighted by atomic mass is 9.49. The fourth-order valence-corrected chi connectivity index (χ4v) is 6.89. The predicted molar refractivity (Wildman–Crippen MR) is 142 cm³/mol. The first-order valence-electron chi connectivity index (χ1n) is 12.5. The Labute approximate surface area is 217 Å². The number of nitrogens with one attached hydrogen (secondary N) is 2. The van der Waals surface area contributed by atoms with Gasteiger partial charge in [0.2, 0.25) is 0 Å². The number of fused-ring (bicyclic) bond motifs is 2. The van der Waals surface area contributed by atoms with Gasteiger partial charge in [-0.15, -0.1) is 0 Å². The quantitative estimate of drug-likeness (QED) is 0.527. The number of carbonyl (C=O) groups excluding carboxylic acids is 1. The van der Waals surface area contributed by atoms with Crippen LogP contribution < -0.4 is 10.9 Å². The lowest BCUT2D eigenvalue weighted by Crippen LogP contribution is -2.57. The average molecular weight is 552 g/mol. The van der Waals surface area contributed by atoms with Crippen LogP contribution in [0.2, 0.25) is 0 Å². The summed E-state index contributed by atoms with van der Waals surface area (Å²) < 4.78 is 0.951. The summed E-state index contributed by atoms with van der Waals surface area (Å²) in [5, 5.41) is 28.7. The number of hydrogen-bond acceptors (Lipinski definition) is 6. The van der Waals surface area contributed by atoms with Crippen LogP contribution in [0.1, 0.15) is 51.1 Å². The normalized spacial score (nSPS) is 30.9. The molecule has 9 heteroatoms. The van der Waals surface area contributed by atoms with Crippen molar-refractivity contribution >= 4 is 38.3 Å². The van der Waals surface area contributed by atoms with Crippen molar-refractivity contribution < 1.29 is 9.90 Å². The minimum absolute atomic E-state index is 0.0868. The number of benzene rings is 1. The number of aliphatic hydroxyl groups is 1. The van der Waals surface area contributed by atoms with E-state index in [1.165, 1.54) is 0 Å². The molecule has 3 N–H and O–H groups in total. The van der Waals surface area contributed by atoms with Gasteiger partial charge in [-0.3, -0.25) is 14.6 Å². The van der Waals surface area contributed by atoms with Gasteiger partial charge in [0.05, 0.1) is 35.2 Å². The number of nitrogens with zero attached hydrogens (tertiary/aromatic N) is 3. The van der Waals surface area contributed by atoms with E-state index in [4.69, 9.17) is 0 Å². The monoisotopic (exact) mass is 551 g/mol. The third kappa shape index (κ3) is 4.12. The topological polar surface area (TPSA) is 111 Å². The highest BCUT2D eigenvalue weighted by molar-refractivity contribution is 9.11. The molecule has 3 aliphatic carbocycles. The summed E-state index contributed by atoms with van der Waals surface area (Å²) in [5.74, 6) is 0.0788. The van der Waals surface area contributed by atoms with Crippen molar-refractivity contribution in [3.8, 4) is 0 Å². The minimum Gasteiger partial charge on any atom is -0.389 e. The Balaban J connectivity index is 1.09. The standard InChI is InChI=1S/C27H30BrN5O3/c1-26(2,36)14-33-21-9-16(28)7-8-20(21)23(32-33)25(35)29-17-12-27(13-17)10-15(11-27)22-18-5-3-4-6-19(18)24(34)31-30-22/h3-9,15,17,20-21,36H,10-14H2,1-2H3,(H,29,35)(H,31,34). The zero-order chi connectivity index (χ0) is 25.2. The number of amides is 1. The Morgan fingerprint density at radius 2 is 1.97 bits per heavy atom. The molecule has 2 fully saturated rings. The first kappa shape index (κ1) is 23.6. The molecule has 2 saturated carbocycles. The van der Waals surface area contributed by atoms with E-state index in [9.17, 15) is 14.7 Å². The summed E-state index contributed by atoms with van der Waals surface area (Å²) in [5.41, 5.74) is 0.656. The van der Waals surface area contributed by atoms with E-state index in [-0.39, 0.29) is 34.9 Å². The second-order valence-corrected chi connectivity index (χ2v) is 12.4. The van der Waals surface area contributed by atoms with Gasteiger partial charge in [0, 0.05) is 21.8 Å². The third-order valence-corrected chi connectivity index (χ3v) is 8.53. The fraction of sp³-hybridized carbons (Fsp3) is 0.481. The van der Waals surface area contributed by atoms with Gasteiger partial charge in [-0.1, -0.05) is 46.3 Å². The molecule has 1 amide bonds. The Morgan fingerprint density at radius 1 is 1.25 bits per heavy atom. The van der Waals surface area contributed by atoms with Crippen LogP contribution in [0.4, 0.5) is 0 Å². The number of carbonyl (C=O) groups is 1. The average Bonchev–Trinajstić information content (AvgIpc) is 3.11. The Bertz CT molecular complexity index is 1370. The number of aromatic amines is 1. The van der Waals surface area contributed by atoms with Crippen LogP contribution in [-0.2, 0) is 4.79 Å².